The number of benzene rings is 1. The molecule has 1 rings (SSSR count). The molecule has 0 spiro atoms. The fourth-order valence-corrected chi connectivity index (χ4v) is 2.98. The van der Waals surface area contributed by atoms with Crippen LogP contribution in [0.4, 0.5) is 0 Å². The SMILES string of the molecule is C=CCC/C=C/C(=O)Cc1cc(C)cc(C)c1C(=O)O[C@@H](CC=C)C(C)C. The zero-order valence-electron chi connectivity index (χ0n) is 17.1. The van der Waals surface area contributed by atoms with Crippen molar-refractivity contribution in [3.63, 3.8) is 0 Å². The first-order valence-corrected chi connectivity index (χ1v) is 9.52. The number of unbranched alkanes of at least 4 members (excludes halogenated alkanes) is 1. The average molecular weight is 369 g/mol. The summed E-state index contributed by atoms with van der Waals surface area (Å²) < 4.78 is 5.74. The molecule has 0 bridgehead atoms. The zero-order valence-corrected chi connectivity index (χ0v) is 17.1. The molecule has 0 saturated heterocycles. The molecular formula is C24H32O3. The molecule has 27 heavy (non-hydrogen) atoms. The fraction of sp³-hybridized carbons (Fsp3) is 0.417. The second-order valence-corrected chi connectivity index (χ2v) is 7.24. The lowest BCUT2D eigenvalue weighted by Gasteiger charge is -2.21. The molecule has 0 heterocycles. The molecular weight excluding hydrogens is 336 g/mol. The lowest BCUT2D eigenvalue weighted by Crippen LogP contribution is -2.24. The molecule has 3 nitrogen and oxygen atoms in total. The second-order valence-electron chi connectivity index (χ2n) is 7.24. The van der Waals surface area contributed by atoms with Crippen LogP contribution in [-0.4, -0.2) is 17.9 Å². The van der Waals surface area contributed by atoms with Gasteiger partial charge in [-0.25, -0.2) is 4.79 Å². The molecule has 0 aliphatic rings. The molecule has 0 N–H and O–H groups in total. The van der Waals surface area contributed by atoms with E-state index in [0.717, 1.165) is 29.5 Å². The molecule has 0 radical (unpaired) electrons. The first-order chi connectivity index (χ1) is 12.8. The molecule has 1 aromatic rings. The Kier molecular flexibility index (Phi) is 9.49. The van der Waals surface area contributed by atoms with Crippen molar-refractivity contribution in [1.29, 1.82) is 0 Å². The van der Waals surface area contributed by atoms with Crippen molar-refractivity contribution in [2.24, 2.45) is 5.92 Å². The van der Waals surface area contributed by atoms with Gasteiger partial charge in [-0.3, -0.25) is 4.79 Å². The van der Waals surface area contributed by atoms with Gasteiger partial charge in [-0.2, -0.15) is 0 Å². The number of hydrogen-bond acceptors (Lipinski definition) is 3. The van der Waals surface area contributed by atoms with Crippen LogP contribution in [0.15, 0.2) is 49.6 Å². The van der Waals surface area contributed by atoms with Crippen molar-refractivity contribution in [2.45, 2.75) is 59.5 Å². The Morgan fingerprint density at radius 1 is 1.11 bits per heavy atom. The van der Waals surface area contributed by atoms with Gasteiger partial charge >= 0.3 is 5.97 Å². The predicted molar refractivity (Wildman–Crippen MR) is 112 cm³/mol. The number of hydrogen-bond donors (Lipinski definition) is 0. The number of aryl methyl sites for hydroxylation is 2. The van der Waals surface area contributed by atoms with Gasteiger partial charge in [-0.15, -0.1) is 13.2 Å². The average Bonchev–Trinajstić information content (AvgIpc) is 2.57. The Hall–Kier alpha value is -2.42. The lowest BCUT2D eigenvalue weighted by atomic mass is 9.95. The van der Waals surface area contributed by atoms with Crippen LogP contribution in [0.2, 0.25) is 0 Å². The second kappa shape index (κ2) is 11.3. The molecule has 0 amide bonds. The summed E-state index contributed by atoms with van der Waals surface area (Å²) in [7, 11) is 0. The number of ether oxygens (including phenoxy) is 1. The van der Waals surface area contributed by atoms with Gasteiger partial charge in [-0.05, 0) is 49.8 Å². The highest BCUT2D eigenvalue weighted by molar-refractivity contribution is 5.97. The largest absolute Gasteiger partial charge is 0.458 e. The van der Waals surface area contributed by atoms with Crippen molar-refractivity contribution in [2.75, 3.05) is 0 Å². The minimum absolute atomic E-state index is 0.0235. The predicted octanol–water partition coefficient (Wildman–Crippen LogP) is 5.69. The van der Waals surface area contributed by atoms with E-state index in [1.54, 1.807) is 12.2 Å². The summed E-state index contributed by atoms with van der Waals surface area (Å²) in [5, 5.41) is 0. The number of allylic oxidation sites excluding steroid dienone is 3. The van der Waals surface area contributed by atoms with E-state index < -0.39 is 0 Å². The number of carbonyl (C=O) groups excluding carboxylic acids is 2. The summed E-state index contributed by atoms with van der Waals surface area (Å²) in [4.78, 5) is 25.2. The third kappa shape index (κ3) is 7.38. The molecule has 146 valence electrons. The van der Waals surface area contributed by atoms with E-state index in [2.05, 4.69) is 13.2 Å². The van der Waals surface area contributed by atoms with Crippen LogP contribution in [0.25, 0.3) is 0 Å². The number of rotatable bonds is 11. The summed E-state index contributed by atoms with van der Waals surface area (Å²) in [6.07, 6.45) is 9.21. The number of esters is 1. The van der Waals surface area contributed by atoms with Gasteiger partial charge in [0, 0.05) is 12.8 Å². The standard InChI is InChI=1S/C24H32O3/c1-7-9-10-11-13-21(25)16-20-15-18(5)14-19(6)23(20)24(26)27-22(12-8-2)17(3)4/h7-8,11,13-15,17,22H,1-2,9-10,12,16H2,3-6H3/b13-11+/t22-/m0/s1. The molecule has 0 aromatic heterocycles. The fourth-order valence-electron chi connectivity index (χ4n) is 2.98. The molecule has 0 aliphatic heterocycles. The lowest BCUT2D eigenvalue weighted by molar-refractivity contribution is -0.114. The van der Waals surface area contributed by atoms with E-state index in [9.17, 15) is 9.59 Å². The maximum Gasteiger partial charge on any atom is 0.338 e. The smallest absolute Gasteiger partial charge is 0.338 e. The molecule has 1 aromatic carbocycles. The monoisotopic (exact) mass is 368 g/mol. The maximum absolute atomic E-state index is 12.9. The minimum Gasteiger partial charge on any atom is -0.458 e. The summed E-state index contributed by atoms with van der Waals surface area (Å²) in [6, 6.07) is 3.85. The van der Waals surface area contributed by atoms with Crippen molar-refractivity contribution >= 4 is 11.8 Å². The van der Waals surface area contributed by atoms with E-state index in [1.165, 1.54) is 0 Å². The molecule has 0 saturated carbocycles. The van der Waals surface area contributed by atoms with Gasteiger partial charge in [0.2, 0.25) is 0 Å². The highest BCUT2D eigenvalue weighted by Gasteiger charge is 2.23. The van der Waals surface area contributed by atoms with E-state index in [-0.39, 0.29) is 30.2 Å². The van der Waals surface area contributed by atoms with Gasteiger partial charge in [0.05, 0.1) is 5.56 Å². The summed E-state index contributed by atoms with van der Waals surface area (Å²) in [6.45, 7) is 15.3. The van der Waals surface area contributed by atoms with E-state index in [1.807, 2.05) is 52.0 Å². The number of ketones is 1. The first-order valence-electron chi connectivity index (χ1n) is 9.52. The van der Waals surface area contributed by atoms with Crippen LogP contribution in [0.1, 0.15) is 60.2 Å². The Morgan fingerprint density at radius 2 is 1.81 bits per heavy atom. The third-order valence-corrected chi connectivity index (χ3v) is 4.37. The Labute approximate surface area is 163 Å². The van der Waals surface area contributed by atoms with Crippen LogP contribution < -0.4 is 0 Å². The molecule has 0 aliphatic carbocycles. The van der Waals surface area contributed by atoms with Gasteiger partial charge in [0.1, 0.15) is 6.10 Å². The van der Waals surface area contributed by atoms with Gasteiger partial charge in [-0.1, -0.05) is 49.8 Å². The topological polar surface area (TPSA) is 43.4 Å². The van der Waals surface area contributed by atoms with E-state index in [0.29, 0.717) is 12.0 Å². The highest BCUT2D eigenvalue weighted by atomic mass is 16.5. The first kappa shape index (κ1) is 22.6. The summed E-state index contributed by atoms with van der Waals surface area (Å²) >= 11 is 0. The highest BCUT2D eigenvalue weighted by Crippen LogP contribution is 2.22. The number of carbonyl (C=O) groups is 2. The van der Waals surface area contributed by atoms with Crippen LogP contribution in [0.5, 0.6) is 0 Å². The quantitative estimate of drug-likeness (QED) is 0.218. The van der Waals surface area contributed by atoms with E-state index >= 15 is 0 Å². The summed E-state index contributed by atoms with van der Waals surface area (Å²) in [5.74, 6) is -0.202. The van der Waals surface area contributed by atoms with Crippen molar-refractivity contribution in [3.05, 3.63) is 71.8 Å². The zero-order chi connectivity index (χ0) is 20.4. The molecule has 3 heteroatoms. The Bertz CT molecular complexity index is 711. The van der Waals surface area contributed by atoms with Gasteiger partial charge < -0.3 is 4.74 Å². The van der Waals surface area contributed by atoms with Gasteiger partial charge in [0.25, 0.3) is 0 Å². The summed E-state index contributed by atoms with van der Waals surface area (Å²) in [5.41, 5.74) is 3.08. The molecule has 0 unspecified atom stereocenters. The van der Waals surface area contributed by atoms with Crippen LogP contribution in [0.3, 0.4) is 0 Å². The maximum atomic E-state index is 12.9. The Balaban J connectivity index is 3.07. The van der Waals surface area contributed by atoms with Crippen molar-refractivity contribution < 1.29 is 14.3 Å². The van der Waals surface area contributed by atoms with Crippen LogP contribution >= 0.6 is 0 Å². The van der Waals surface area contributed by atoms with Crippen LogP contribution in [-0.2, 0) is 16.0 Å². The minimum atomic E-state index is -0.369. The molecule has 0 fully saturated rings. The Morgan fingerprint density at radius 3 is 2.41 bits per heavy atom. The normalized spacial score (nSPS) is 12.2. The van der Waals surface area contributed by atoms with Crippen LogP contribution in [0, 0.1) is 19.8 Å². The van der Waals surface area contributed by atoms with Crippen molar-refractivity contribution in [3.8, 4) is 0 Å². The van der Waals surface area contributed by atoms with Gasteiger partial charge in [0.15, 0.2) is 5.78 Å². The van der Waals surface area contributed by atoms with Crippen molar-refractivity contribution in [1.82, 2.24) is 0 Å². The van der Waals surface area contributed by atoms with E-state index in [4.69, 9.17) is 4.74 Å². The molecule has 1 atom stereocenters. The third-order valence-electron chi connectivity index (χ3n) is 4.37.